The molecule has 8 nitrogen and oxygen atoms in total. The van der Waals surface area contributed by atoms with Gasteiger partial charge in [-0.15, -0.1) is 0 Å². The number of ether oxygens (including phenoxy) is 3. The van der Waals surface area contributed by atoms with Crippen LogP contribution in [-0.2, 0) is 14.3 Å². The first kappa shape index (κ1) is 21.3. The first-order valence-electron chi connectivity index (χ1n) is 8.47. The maximum atomic E-state index is 12.1. The number of hydrogen-bond donors (Lipinski definition) is 2. The SMILES string of the molecule is CCCNC(=O)[C@@H](C)NC(=O)COC(=O)c1ccc(OCC)c(OC)c1. The minimum absolute atomic E-state index is 0.229. The Hall–Kier alpha value is -2.77. The Labute approximate surface area is 153 Å². The van der Waals surface area contributed by atoms with Crippen LogP contribution in [0, 0.1) is 0 Å². The van der Waals surface area contributed by atoms with Crippen molar-refractivity contribution in [1.29, 1.82) is 0 Å². The van der Waals surface area contributed by atoms with Gasteiger partial charge in [-0.1, -0.05) is 6.92 Å². The number of hydrogen-bond acceptors (Lipinski definition) is 6. The minimum Gasteiger partial charge on any atom is -0.493 e. The van der Waals surface area contributed by atoms with Crippen LogP contribution in [0.2, 0.25) is 0 Å². The third-order valence-electron chi connectivity index (χ3n) is 3.35. The summed E-state index contributed by atoms with van der Waals surface area (Å²) < 4.78 is 15.5. The molecule has 8 heteroatoms. The Morgan fingerprint density at radius 1 is 1.15 bits per heavy atom. The standard InChI is InChI=1S/C18H26N2O6/c1-5-9-19-17(22)12(3)20-16(21)11-26-18(23)13-7-8-14(25-6-2)15(10-13)24-4/h7-8,10,12H,5-6,9,11H2,1-4H3,(H,19,22)(H,20,21)/t12-/m1/s1. The molecule has 0 aliphatic heterocycles. The molecular formula is C18H26N2O6. The van der Waals surface area contributed by atoms with Crippen molar-refractivity contribution >= 4 is 17.8 Å². The van der Waals surface area contributed by atoms with Crippen molar-refractivity contribution in [2.75, 3.05) is 26.9 Å². The van der Waals surface area contributed by atoms with E-state index in [1.54, 1.807) is 13.0 Å². The Morgan fingerprint density at radius 2 is 1.88 bits per heavy atom. The molecule has 0 saturated heterocycles. The fourth-order valence-electron chi connectivity index (χ4n) is 2.03. The van der Waals surface area contributed by atoms with Gasteiger partial charge in [-0.2, -0.15) is 0 Å². The van der Waals surface area contributed by atoms with Gasteiger partial charge in [0.1, 0.15) is 6.04 Å². The van der Waals surface area contributed by atoms with Crippen LogP contribution in [0.5, 0.6) is 11.5 Å². The number of carbonyl (C=O) groups excluding carboxylic acids is 3. The smallest absolute Gasteiger partial charge is 0.338 e. The van der Waals surface area contributed by atoms with Crippen LogP contribution in [-0.4, -0.2) is 50.7 Å². The van der Waals surface area contributed by atoms with Crippen molar-refractivity contribution < 1.29 is 28.6 Å². The molecule has 2 amide bonds. The van der Waals surface area contributed by atoms with Crippen molar-refractivity contribution in [3.8, 4) is 11.5 Å². The molecule has 0 heterocycles. The third kappa shape index (κ3) is 6.62. The molecule has 0 radical (unpaired) electrons. The summed E-state index contributed by atoms with van der Waals surface area (Å²) in [6.45, 7) is 5.84. The van der Waals surface area contributed by atoms with Crippen LogP contribution in [0.25, 0.3) is 0 Å². The van der Waals surface area contributed by atoms with Gasteiger partial charge in [0.2, 0.25) is 5.91 Å². The van der Waals surface area contributed by atoms with Gasteiger partial charge in [0, 0.05) is 6.54 Å². The highest BCUT2D eigenvalue weighted by atomic mass is 16.5. The summed E-state index contributed by atoms with van der Waals surface area (Å²) in [5, 5.41) is 5.14. The predicted molar refractivity (Wildman–Crippen MR) is 95.4 cm³/mol. The van der Waals surface area contributed by atoms with Crippen molar-refractivity contribution in [2.45, 2.75) is 33.2 Å². The highest BCUT2D eigenvalue weighted by Crippen LogP contribution is 2.28. The Bertz CT molecular complexity index is 632. The van der Waals surface area contributed by atoms with Crippen LogP contribution < -0.4 is 20.1 Å². The van der Waals surface area contributed by atoms with Crippen molar-refractivity contribution in [3.05, 3.63) is 23.8 Å². The van der Waals surface area contributed by atoms with E-state index in [1.807, 2.05) is 13.8 Å². The molecule has 144 valence electrons. The predicted octanol–water partition coefficient (Wildman–Crippen LogP) is 1.28. The monoisotopic (exact) mass is 366 g/mol. The quantitative estimate of drug-likeness (QED) is 0.605. The first-order valence-corrected chi connectivity index (χ1v) is 8.47. The molecule has 0 aliphatic carbocycles. The van der Waals surface area contributed by atoms with Gasteiger partial charge in [-0.05, 0) is 38.5 Å². The molecule has 1 aromatic rings. The molecule has 0 aromatic heterocycles. The van der Waals surface area contributed by atoms with Crippen LogP contribution >= 0.6 is 0 Å². The molecule has 1 aromatic carbocycles. The van der Waals surface area contributed by atoms with Crippen LogP contribution in [0.15, 0.2) is 18.2 Å². The van der Waals surface area contributed by atoms with Crippen molar-refractivity contribution in [2.24, 2.45) is 0 Å². The largest absolute Gasteiger partial charge is 0.493 e. The van der Waals surface area contributed by atoms with Gasteiger partial charge in [-0.25, -0.2) is 4.79 Å². The molecular weight excluding hydrogens is 340 g/mol. The van der Waals surface area contributed by atoms with Gasteiger partial charge >= 0.3 is 5.97 Å². The number of benzene rings is 1. The van der Waals surface area contributed by atoms with Crippen molar-refractivity contribution in [3.63, 3.8) is 0 Å². The number of rotatable bonds is 10. The summed E-state index contributed by atoms with van der Waals surface area (Å²) >= 11 is 0. The van der Waals surface area contributed by atoms with E-state index in [9.17, 15) is 14.4 Å². The highest BCUT2D eigenvalue weighted by molar-refractivity contribution is 5.93. The maximum absolute atomic E-state index is 12.1. The Balaban J connectivity index is 2.55. The van der Waals surface area contributed by atoms with E-state index in [2.05, 4.69) is 10.6 Å². The summed E-state index contributed by atoms with van der Waals surface area (Å²) in [5.41, 5.74) is 0.229. The van der Waals surface area contributed by atoms with E-state index in [0.29, 0.717) is 24.7 Å². The number of amides is 2. The molecule has 1 atom stereocenters. The van der Waals surface area contributed by atoms with Gasteiger partial charge in [0.25, 0.3) is 5.91 Å². The number of nitrogens with one attached hydrogen (secondary N) is 2. The van der Waals surface area contributed by atoms with E-state index in [4.69, 9.17) is 14.2 Å². The van der Waals surface area contributed by atoms with Gasteiger partial charge < -0.3 is 24.8 Å². The molecule has 0 unspecified atom stereocenters. The second kappa shape index (κ2) is 11.0. The molecule has 0 fully saturated rings. The normalized spacial score (nSPS) is 11.2. The second-order valence-electron chi connectivity index (χ2n) is 5.46. The number of carbonyl (C=O) groups is 3. The first-order chi connectivity index (χ1) is 12.4. The summed E-state index contributed by atoms with van der Waals surface area (Å²) in [5.74, 6) is -0.619. The van der Waals surface area contributed by atoms with E-state index in [0.717, 1.165) is 6.42 Å². The van der Waals surface area contributed by atoms with E-state index in [-0.39, 0.29) is 11.5 Å². The van der Waals surface area contributed by atoms with Gasteiger partial charge in [-0.3, -0.25) is 9.59 Å². The van der Waals surface area contributed by atoms with E-state index in [1.165, 1.54) is 19.2 Å². The molecule has 0 aliphatic rings. The average molecular weight is 366 g/mol. The Morgan fingerprint density at radius 3 is 2.50 bits per heavy atom. The summed E-state index contributed by atoms with van der Waals surface area (Å²) in [7, 11) is 1.46. The fraction of sp³-hybridized carbons (Fsp3) is 0.500. The zero-order chi connectivity index (χ0) is 19.5. The summed E-state index contributed by atoms with van der Waals surface area (Å²) in [4.78, 5) is 35.6. The van der Waals surface area contributed by atoms with Crippen LogP contribution in [0.4, 0.5) is 0 Å². The van der Waals surface area contributed by atoms with E-state index >= 15 is 0 Å². The molecule has 0 spiro atoms. The molecule has 0 saturated carbocycles. The zero-order valence-electron chi connectivity index (χ0n) is 15.6. The average Bonchev–Trinajstić information content (AvgIpc) is 2.64. The third-order valence-corrected chi connectivity index (χ3v) is 3.35. The molecule has 2 N–H and O–H groups in total. The van der Waals surface area contributed by atoms with Gasteiger partial charge in [0.15, 0.2) is 18.1 Å². The molecule has 0 bridgehead atoms. The van der Waals surface area contributed by atoms with Crippen LogP contribution in [0.1, 0.15) is 37.6 Å². The Kier molecular flexibility index (Phi) is 8.97. The minimum atomic E-state index is -0.710. The number of esters is 1. The zero-order valence-corrected chi connectivity index (χ0v) is 15.6. The lowest BCUT2D eigenvalue weighted by atomic mass is 10.2. The summed E-state index contributed by atoms with van der Waals surface area (Å²) in [6, 6.07) is 3.89. The fourth-order valence-corrected chi connectivity index (χ4v) is 2.03. The lowest BCUT2D eigenvalue weighted by Crippen LogP contribution is -2.46. The highest BCUT2D eigenvalue weighted by Gasteiger charge is 2.17. The summed E-state index contributed by atoms with van der Waals surface area (Å²) in [6.07, 6.45) is 0.801. The lowest BCUT2D eigenvalue weighted by Gasteiger charge is -2.14. The topological polar surface area (TPSA) is 103 Å². The second-order valence-corrected chi connectivity index (χ2v) is 5.46. The van der Waals surface area contributed by atoms with E-state index < -0.39 is 24.5 Å². The molecule has 1 rings (SSSR count). The number of methoxy groups -OCH3 is 1. The molecule has 26 heavy (non-hydrogen) atoms. The van der Waals surface area contributed by atoms with Crippen molar-refractivity contribution in [1.82, 2.24) is 10.6 Å². The lowest BCUT2D eigenvalue weighted by molar-refractivity contribution is -0.130. The van der Waals surface area contributed by atoms with Crippen LogP contribution in [0.3, 0.4) is 0 Å². The maximum Gasteiger partial charge on any atom is 0.338 e. The van der Waals surface area contributed by atoms with Gasteiger partial charge in [0.05, 0.1) is 19.3 Å².